The summed E-state index contributed by atoms with van der Waals surface area (Å²) in [6.45, 7) is 1.72. The summed E-state index contributed by atoms with van der Waals surface area (Å²) in [6.07, 6.45) is 1.85. The third kappa shape index (κ3) is 4.38. The molecule has 0 radical (unpaired) electrons. The summed E-state index contributed by atoms with van der Waals surface area (Å²) < 4.78 is 18.6. The Kier molecular flexibility index (Phi) is 6.24. The molecule has 18 heavy (non-hydrogen) atoms. The lowest BCUT2D eigenvalue weighted by Gasteiger charge is -2.06. The third-order valence-corrected chi connectivity index (χ3v) is 2.52. The van der Waals surface area contributed by atoms with E-state index in [1.807, 2.05) is 0 Å². The number of hydrogen-bond donors (Lipinski definition) is 1. The predicted molar refractivity (Wildman–Crippen MR) is 65.9 cm³/mol. The standard InChI is InChI=1S/C12H17FN2O3/c1-18-8-3-2-7-14-9-10-5-4-6-11(12(10)13)15(16)17/h4-6,14H,2-3,7-9H2,1H3. The molecule has 0 aromatic heterocycles. The van der Waals surface area contributed by atoms with Crippen molar-refractivity contribution in [1.82, 2.24) is 5.32 Å². The van der Waals surface area contributed by atoms with E-state index in [9.17, 15) is 14.5 Å². The highest BCUT2D eigenvalue weighted by molar-refractivity contribution is 5.36. The first-order valence-corrected chi connectivity index (χ1v) is 5.78. The molecule has 0 aliphatic heterocycles. The van der Waals surface area contributed by atoms with Crippen molar-refractivity contribution in [2.24, 2.45) is 0 Å². The topological polar surface area (TPSA) is 64.4 Å². The fraction of sp³-hybridized carbons (Fsp3) is 0.500. The summed E-state index contributed by atoms with van der Waals surface area (Å²) in [4.78, 5) is 9.84. The molecular formula is C12H17FN2O3. The number of methoxy groups -OCH3 is 1. The van der Waals surface area contributed by atoms with Gasteiger partial charge in [0.15, 0.2) is 0 Å². The molecule has 0 atom stereocenters. The maximum Gasteiger partial charge on any atom is 0.305 e. The van der Waals surface area contributed by atoms with E-state index in [0.717, 1.165) is 25.5 Å². The van der Waals surface area contributed by atoms with Crippen LogP contribution in [0.5, 0.6) is 0 Å². The van der Waals surface area contributed by atoms with Gasteiger partial charge in [0, 0.05) is 31.9 Å². The summed E-state index contributed by atoms with van der Waals surface area (Å²) in [5, 5.41) is 13.6. The average molecular weight is 256 g/mol. The minimum atomic E-state index is -0.758. The number of nitrogens with one attached hydrogen (secondary N) is 1. The smallest absolute Gasteiger partial charge is 0.305 e. The van der Waals surface area contributed by atoms with Gasteiger partial charge in [-0.25, -0.2) is 0 Å². The number of benzene rings is 1. The van der Waals surface area contributed by atoms with Crippen molar-refractivity contribution < 1.29 is 14.1 Å². The van der Waals surface area contributed by atoms with Crippen molar-refractivity contribution in [2.75, 3.05) is 20.3 Å². The molecule has 0 spiro atoms. The molecule has 1 rings (SSSR count). The van der Waals surface area contributed by atoms with E-state index in [1.54, 1.807) is 13.2 Å². The Hall–Kier alpha value is -1.53. The molecular weight excluding hydrogens is 239 g/mol. The van der Waals surface area contributed by atoms with Gasteiger partial charge in [0.1, 0.15) is 0 Å². The van der Waals surface area contributed by atoms with E-state index in [-0.39, 0.29) is 0 Å². The van der Waals surface area contributed by atoms with Crippen molar-refractivity contribution >= 4 is 5.69 Å². The van der Waals surface area contributed by atoms with Crippen LogP contribution in [-0.4, -0.2) is 25.2 Å². The first-order chi connectivity index (χ1) is 8.66. The molecule has 0 bridgehead atoms. The number of halogens is 1. The molecule has 5 nitrogen and oxygen atoms in total. The van der Waals surface area contributed by atoms with Crippen LogP contribution in [0.15, 0.2) is 18.2 Å². The monoisotopic (exact) mass is 256 g/mol. The molecule has 0 amide bonds. The molecule has 1 N–H and O–H groups in total. The van der Waals surface area contributed by atoms with Gasteiger partial charge in [-0.3, -0.25) is 10.1 Å². The minimum absolute atomic E-state index is 0.292. The van der Waals surface area contributed by atoms with Crippen molar-refractivity contribution in [1.29, 1.82) is 0 Å². The van der Waals surface area contributed by atoms with Gasteiger partial charge in [-0.2, -0.15) is 4.39 Å². The number of nitrogens with zero attached hydrogens (tertiary/aromatic N) is 1. The molecule has 0 saturated heterocycles. The zero-order valence-corrected chi connectivity index (χ0v) is 10.3. The van der Waals surface area contributed by atoms with E-state index in [0.29, 0.717) is 18.7 Å². The Balaban J connectivity index is 2.43. The van der Waals surface area contributed by atoms with Gasteiger partial charge in [0.25, 0.3) is 0 Å². The van der Waals surface area contributed by atoms with Gasteiger partial charge in [-0.15, -0.1) is 0 Å². The van der Waals surface area contributed by atoms with Gasteiger partial charge in [-0.05, 0) is 19.4 Å². The second-order valence-corrected chi connectivity index (χ2v) is 3.88. The van der Waals surface area contributed by atoms with E-state index >= 15 is 0 Å². The summed E-state index contributed by atoms with van der Waals surface area (Å²) in [6, 6.07) is 4.20. The van der Waals surface area contributed by atoms with E-state index in [2.05, 4.69) is 5.32 Å². The van der Waals surface area contributed by atoms with Gasteiger partial charge < -0.3 is 10.1 Å². The quantitative estimate of drug-likeness (QED) is 0.440. The molecule has 0 saturated carbocycles. The van der Waals surface area contributed by atoms with Crippen molar-refractivity contribution in [3.63, 3.8) is 0 Å². The maximum atomic E-state index is 13.7. The molecule has 0 fully saturated rings. The molecule has 0 aliphatic carbocycles. The lowest BCUT2D eigenvalue weighted by molar-refractivity contribution is -0.387. The number of hydrogen-bond acceptors (Lipinski definition) is 4. The van der Waals surface area contributed by atoms with Crippen molar-refractivity contribution in [3.05, 3.63) is 39.7 Å². The van der Waals surface area contributed by atoms with Gasteiger partial charge >= 0.3 is 5.69 Å². The van der Waals surface area contributed by atoms with E-state index in [4.69, 9.17) is 4.74 Å². The van der Waals surface area contributed by atoms with Gasteiger partial charge in [-0.1, -0.05) is 12.1 Å². The predicted octanol–water partition coefficient (Wildman–Crippen LogP) is 2.25. The normalized spacial score (nSPS) is 10.6. The largest absolute Gasteiger partial charge is 0.385 e. The molecule has 0 aliphatic rings. The molecule has 6 heteroatoms. The highest BCUT2D eigenvalue weighted by Gasteiger charge is 2.16. The fourth-order valence-corrected chi connectivity index (χ4v) is 1.56. The summed E-state index contributed by atoms with van der Waals surface area (Å²) >= 11 is 0. The van der Waals surface area contributed by atoms with Crippen LogP contribution in [0.4, 0.5) is 10.1 Å². The highest BCUT2D eigenvalue weighted by Crippen LogP contribution is 2.19. The number of rotatable bonds is 8. The highest BCUT2D eigenvalue weighted by atomic mass is 19.1. The van der Waals surface area contributed by atoms with Crippen molar-refractivity contribution in [3.8, 4) is 0 Å². The zero-order chi connectivity index (χ0) is 13.4. The van der Waals surface area contributed by atoms with Crippen LogP contribution in [0, 0.1) is 15.9 Å². The Morgan fingerprint density at radius 1 is 1.44 bits per heavy atom. The summed E-state index contributed by atoms with van der Waals surface area (Å²) in [5.41, 5.74) is -0.162. The zero-order valence-electron chi connectivity index (χ0n) is 10.3. The van der Waals surface area contributed by atoms with Crippen LogP contribution in [0.25, 0.3) is 0 Å². The Morgan fingerprint density at radius 3 is 2.89 bits per heavy atom. The van der Waals surface area contributed by atoms with Crippen molar-refractivity contribution in [2.45, 2.75) is 19.4 Å². The minimum Gasteiger partial charge on any atom is -0.385 e. The second kappa shape index (κ2) is 7.73. The molecule has 1 aromatic rings. The van der Waals surface area contributed by atoms with E-state index in [1.165, 1.54) is 6.07 Å². The van der Waals surface area contributed by atoms with Crippen LogP contribution in [-0.2, 0) is 11.3 Å². The molecule has 0 unspecified atom stereocenters. The number of nitro benzene ring substituents is 1. The van der Waals surface area contributed by atoms with E-state index < -0.39 is 16.4 Å². The van der Waals surface area contributed by atoms with Gasteiger partial charge in [0.2, 0.25) is 5.82 Å². The third-order valence-electron chi connectivity index (χ3n) is 2.52. The van der Waals surface area contributed by atoms with Crippen LogP contribution in [0.3, 0.4) is 0 Å². The summed E-state index contributed by atoms with van der Waals surface area (Å²) in [5.74, 6) is -0.758. The second-order valence-electron chi connectivity index (χ2n) is 3.88. The lowest BCUT2D eigenvalue weighted by atomic mass is 10.2. The van der Waals surface area contributed by atoms with Crippen LogP contribution in [0.2, 0.25) is 0 Å². The summed E-state index contributed by atoms with van der Waals surface area (Å²) in [7, 11) is 1.64. The number of nitro groups is 1. The SMILES string of the molecule is COCCCCNCc1cccc([N+](=O)[O-])c1F. The van der Waals surface area contributed by atoms with Crippen LogP contribution < -0.4 is 5.32 Å². The molecule has 1 aromatic carbocycles. The number of unbranched alkanes of at least 4 members (excludes halogenated alkanes) is 1. The Morgan fingerprint density at radius 2 is 2.22 bits per heavy atom. The lowest BCUT2D eigenvalue weighted by Crippen LogP contribution is -2.16. The Labute approximate surface area is 105 Å². The average Bonchev–Trinajstić information content (AvgIpc) is 2.35. The molecule has 0 heterocycles. The first kappa shape index (κ1) is 14.5. The van der Waals surface area contributed by atoms with Crippen LogP contribution >= 0.6 is 0 Å². The van der Waals surface area contributed by atoms with Gasteiger partial charge in [0.05, 0.1) is 4.92 Å². The maximum absolute atomic E-state index is 13.7. The Bertz CT molecular complexity index is 399. The van der Waals surface area contributed by atoms with Crippen LogP contribution in [0.1, 0.15) is 18.4 Å². The first-order valence-electron chi connectivity index (χ1n) is 5.78. The molecule has 100 valence electrons. The fourth-order valence-electron chi connectivity index (χ4n) is 1.56. The number of ether oxygens (including phenoxy) is 1.